The Kier molecular flexibility index (Phi) is 7.76. The maximum Gasteiger partial charge on any atom is 0.162 e. The van der Waals surface area contributed by atoms with E-state index in [0.717, 1.165) is 28.0 Å². The molecule has 0 aromatic heterocycles. The van der Waals surface area contributed by atoms with Crippen molar-refractivity contribution in [2.45, 2.75) is 17.9 Å². The zero-order chi connectivity index (χ0) is 27.2. The maximum absolute atomic E-state index is 14.1. The van der Waals surface area contributed by atoms with Crippen molar-refractivity contribution in [3.05, 3.63) is 144 Å². The molecule has 0 aliphatic heterocycles. The molecule has 4 heteroatoms. The number of ketones is 1. The molecule has 0 amide bonds. The summed E-state index contributed by atoms with van der Waals surface area (Å²) in [6, 6.07) is 34.9. The zero-order valence-electron chi connectivity index (χ0n) is 22.2. The molecule has 39 heavy (non-hydrogen) atoms. The minimum atomic E-state index is -1.56. The molecular formula is C35H32O4. The lowest BCUT2D eigenvalue weighted by molar-refractivity contribution is -0.127. The van der Waals surface area contributed by atoms with E-state index in [1.807, 2.05) is 121 Å². The topological polar surface area (TPSA) is 55.8 Å². The second-order valence-corrected chi connectivity index (χ2v) is 9.80. The van der Waals surface area contributed by atoms with Crippen LogP contribution in [0, 0.1) is 5.92 Å². The van der Waals surface area contributed by atoms with Gasteiger partial charge >= 0.3 is 0 Å². The molecule has 196 valence electrons. The first kappa shape index (κ1) is 26.2. The number of rotatable bonds is 8. The molecule has 1 N–H and O–H groups in total. The minimum Gasteiger partial charge on any atom is -0.497 e. The van der Waals surface area contributed by atoms with Crippen molar-refractivity contribution in [1.29, 1.82) is 0 Å². The van der Waals surface area contributed by atoms with Gasteiger partial charge in [0, 0.05) is 5.92 Å². The van der Waals surface area contributed by atoms with Crippen LogP contribution in [0.3, 0.4) is 0 Å². The molecule has 0 saturated heterocycles. The van der Waals surface area contributed by atoms with Crippen molar-refractivity contribution in [2.24, 2.45) is 5.92 Å². The number of allylic oxidation sites excluding steroid dienone is 2. The molecule has 1 aliphatic rings. The third kappa shape index (κ3) is 5.57. The summed E-state index contributed by atoms with van der Waals surface area (Å²) in [7, 11) is 3.25. The predicted molar refractivity (Wildman–Crippen MR) is 156 cm³/mol. The van der Waals surface area contributed by atoms with Crippen LogP contribution in [-0.4, -0.2) is 25.1 Å². The molecule has 3 atom stereocenters. The third-order valence-electron chi connectivity index (χ3n) is 7.50. The van der Waals surface area contributed by atoms with E-state index in [2.05, 4.69) is 0 Å². The van der Waals surface area contributed by atoms with Gasteiger partial charge in [-0.1, -0.05) is 91.0 Å². The standard InChI is InChI=1S/C35H32O4/c1-38-30-18-14-26(15-19-30)28-23-32(27-11-7-4-8-12-27)34(33(36)22-13-25-9-5-3-6-10-25)35(37,24-28)29-16-20-31(39-2)21-17-29/h3-22,24,32,34,37H,23H2,1-2H3/b22-13+/t32-,34+,35+/m0/s1. The summed E-state index contributed by atoms with van der Waals surface area (Å²) in [5.74, 6) is 0.322. The highest BCUT2D eigenvalue weighted by Gasteiger charge is 2.48. The SMILES string of the molecule is COc1ccc(C2=C[C@@](O)(c3ccc(OC)cc3)[C@@H](C(=O)/C=C/c3ccccc3)[C@H](c3ccccc3)C2)cc1. The van der Waals surface area contributed by atoms with Crippen molar-refractivity contribution in [2.75, 3.05) is 14.2 Å². The highest BCUT2D eigenvalue weighted by molar-refractivity contribution is 5.98. The molecule has 0 bridgehead atoms. The van der Waals surface area contributed by atoms with Crippen molar-refractivity contribution in [3.63, 3.8) is 0 Å². The third-order valence-corrected chi connectivity index (χ3v) is 7.50. The Balaban J connectivity index is 1.67. The van der Waals surface area contributed by atoms with Crippen LogP contribution < -0.4 is 9.47 Å². The lowest BCUT2D eigenvalue weighted by Crippen LogP contribution is -2.44. The van der Waals surface area contributed by atoms with Gasteiger partial charge in [-0.3, -0.25) is 4.79 Å². The van der Waals surface area contributed by atoms with E-state index in [0.29, 0.717) is 17.7 Å². The fourth-order valence-corrected chi connectivity index (χ4v) is 5.47. The quantitative estimate of drug-likeness (QED) is 0.255. The number of ether oxygens (including phenoxy) is 2. The van der Waals surface area contributed by atoms with Crippen molar-refractivity contribution in [1.82, 2.24) is 0 Å². The Morgan fingerprint density at radius 3 is 1.95 bits per heavy atom. The van der Waals surface area contributed by atoms with Crippen LogP contribution in [0.15, 0.2) is 121 Å². The Morgan fingerprint density at radius 1 is 0.795 bits per heavy atom. The van der Waals surface area contributed by atoms with E-state index in [4.69, 9.17) is 9.47 Å². The average molecular weight is 517 g/mol. The van der Waals surface area contributed by atoms with Crippen molar-refractivity contribution in [3.8, 4) is 11.5 Å². The summed E-state index contributed by atoms with van der Waals surface area (Å²) < 4.78 is 10.7. The number of benzene rings is 4. The Bertz CT molecular complexity index is 1460. The summed E-state index contributed by atoms with van der Waals surface area (Å²) >= 11 is 0. The first-order valence-corrected chi connectivity index (χ1v) is 13.1. The highest BCUT2D eigenvalue weighted by Crippen LogP contribution is 2.51. The Labute approximate surface area is 229 Å². The second-order valence-electron chi connectivity index (χ2n) is 9.80. The number of aliphatic hydroxyl groups is 1. The lowest BCUT2D eigenvalue weighted by Gasteiger charge is -2.43. The zero-order valence-corrected chi connectivity index (χ0v) is 22.2. The van der Waals surface area contributed by atoms with Crippen LogP contribution in [0.25, 0.3) is 11.6 Å². The first-order chi connectivity index (χ1) is 19.0. The number of hydrogen-bond donors (Lipinski definition) is 1. The van der Waals surface area contributed by atoms with Crippen LogP contribution in [-0.2, 0) is 10.4 Å². The molecule has 1 aliphatic carbocycles. The summed E-state index contributed by atoms with van der Waals surface area (Å²) in [4.78, 5) is 14.1. The summed E-state index contributed by atoms with van der Waals surface area (Å²) in [6.07, 6.45) is 5.90. The van der Waals surface area contributed by atoms with E-state index < -0.39 is 11.5 Å². The molecule has 0 radical (unpaired) electrons. The van der Waals surface area contributed by atoms with Gasteiger partial charge in [-0.25, -0.2) is 0 Å². The Hall–Kier alpha value is -4.41. The predicted octanol–water partition coefficient (Wildman–Crippen LogP) is 7.06. The van der Waals surface area contributed by atoms with Gasteiger partial charge in [-0.05, 0) is 70.7 Å². The van der Waals surface area contributed by atoms with Crippen LogP contribution in [0.5, 0.6) is 11.5 Å². The molecule has 0 saturated carbocycles. The minimum absolute atomic E-state index is 0.129. The molecule has 0 fully saturated rings. The van der Waals surface area contributed by atoms with Gasteiger partial charge in [-0.2, -0.15) is 0 Å². The fourth-order valence-electron chi connectivity index (χ4n) is 5.47. The van der Waals surface area contributed by atoms with Gasteiger partial charge in [0.15, 0.2) is 5.78 Å². The smallest absolute Gasteiger partial charge is 0.162 e. The van der Waals surface area contributed by atoms with Gasteiger partial charge < -0.3 is 14.6 Å². The molecule has 0 unspecified atom stereocenters. The van der Waals surface area contributed by atoms with Crippen molar-refractivity contribution >= 4 is 17.4 Å². The molecule has 4 nitrogen and oxygen atoms in total. The van der Waals surface area contributed by atoms with Gasteiger partial charge in [-0.15, -0.1) is 0 Å². The molecule has 4 aromatic rings. The maximum atomic E-state index is 14.1. The molecular weight excluding hydrogens is 484 g/mol. The summed E-state index contributed by atoms with van der Waals surface area (Å²) in [5, 5.41) is 12.6. The van der Waals surface area contributed by atoms with E-state index in [1.165, 1.54) is 0 Å². The van der Waals surface area contributed by atoms with Gasteiger partial charge in [0.2, 0.25) is 0 Å². The average Bonchev–Trinajstić information content (AvgIpc) is 3.00. The molecule has 0 heterocycles. The van der Waals surface area contributed by atoms with Crippen LogP contribution in [0.1, 0.15) is 34.6 Å². The van der Waals surface area contributed by atoms with Crippen LogP contribution in [0.2, 0.25) is 0 Å². The monoisotopic (exact) mass is 516 g/mol. The lowest BCUT2D eigenvalue weighted by atomic mass is 9.63. The van der Waals surface area contributed by atoms with Gasteiger partial charge in [0.05, 0.1) is 20.1 Å². The van der Waals surface area contributed by atoms with E-state index in [1.54, 1.807) is 20.3 Å². The van der Waals surface area contributed by atoms with E-state index >= 15 is 0 Å². The number of carbonyl (C=O) groups is 1. The summed E-state index contributed by atoms with van der Waals surface area (Å²) in [6.45, 7) is 0. The van der Waals surface area contributed by atoms with Gasteiger partial charge in [0.25, 0.3) is 0 Å². The number of carbonyl (C=O) groups excluding carboxylic acids is 1. The first-order valence-electron chi connectivity index (χ1n) is 13.1. The Morgan fingerprint density at radius 2 is 1.36 bits per heavy atom. The number of methoxy groups -OCH3 is 2. The molecule has 0 spiro atoms. The number of hydrogen-bond acceptors (Lipinski definition) is 4. The van der Waals surface area contributed by atoms with E-state index in [-0.39, 0.29) is 11.7 Å². The normalized spacial score (nSPS) is 20.8. The van der Waals surface area contributed by atoms with Crippen molar-refractivity contribution < 1.29 is 19.4 Å². The second kappa shape index (κ2) is 11.5. The molecule has 5 rings (SSSR count). The highest BCUT2D eigenvalue weighted by atomic mass is 16.5. The fraction of sp³-hybridized carbons (Fsp3) is 0.171. The largest absolute Gasteiger partial charge is 0.497 e. The van der Waals surface area contributed by atoms with E-state index in [9.17, 15) is 9.90 Å². The van der Waals surface area contributed by atoms with Gasteiger partial charge in [0.1, 0.15) is 17.1 Å². The summed E-state index contributed by atoms with van der Waals surface area (Å²) in [5.41, 5.74) is 2.98. The van der Waals surface area contributed by atoms with Crippen LogP contribution in [0.4, 0.5) is 0 Å². The van der Waals surface area contributed by atoms with Crippen LogP contribution >= 0.6 is 0 Å². The molecule has 4 aromatic carbocycles.